The van der Waals surface area contributed by atoms with Gasteiger partial charge in [0.2, 0.25) is 28.9 Å². The van der Waals surface area contributed by atoms with E-state index >= 15 is 0 Å². The third kappa shape index (κ3) is 6.80. The summed E-state index contributed by atoms with van der Waals surface area (Å²) in [4.78, 5) is 59.7. The molecule has 4 aromatic rings. The summed E-state index contributed by atoms with van der Waals surface area (Å²) in [5, 5.41) is 17.8. The molecule has 55 heavy (non-hydrogen) atoms. The fraction of sp³-hybridized carbons (Fsp3) is 0.342. The van der Waals surface area contributed by atoms with Gasteiger partial charge >= 0.3 is 0 Å². The first-order valence-electron chi connectivity index (χ1n) is 16.8. The molecule has 1 aromatic heterocycles. The van der Waals surface area contributed by atoms with Crippen LogP contribution in [0.3, 0.4) is 0 Å². The van der Waals surface area contributed by atoms with Crippen molar-refractivity contribution in [2.75, 3.05) is 54.5 Å². The molecule has 1 unspecified atom stereocenters. The highest BCUT2D eigenvalue weighted by molar-refractivity contribution is 7.22. The number of aliphatic hydroxyl groups excluding tert-OH is 1. The molecule has 3 atom stereocenters. The van der Waals surface area contributed by atoms with Crippen LogP contribution in [0.2, 0.25) is 5.02 Å². The number of ketones is 2. The molecule has 1 spiro atoms. The summed E-state index contributed by atoms with van der Waals surface area (Å²) in [6.07, 6.45) is -0.726. The number of hydrogen-bond acceptors (Lipinski definition) is 14. The molecule has 290 valence electrons. The first-order chi connectivity index (χ1) is 26.3. The zero-order valence-electron chi connectivity index (χ0n) is 30.9. The molecule has 17 heteroatoms. The van der Waals surface area contributed by atoms with Gasteiger partial charge in [0.15, 0.2) is 33.9 Å². The van der Waals surface area contributed by atoms with Crippen molar-refractivity contribution in [2.45, 2.75) is 31.3 Å². The van der Waals surface area contributed by atoms with Crippen LogP contribution in [0.15, 0.2) is 47.7 Å². The van der Waals surface area contributed by atoms with E-state index in [1.54, 1.807) is 32.2 Å². The number of benzene rings is 3. The van der Waals surface area contributed by atoms with E-state index in [9.17, 15) is 24.3 Å². The molecule has 0 radical (unpaired) electrons. The van der Waals surface area contributed by atoms with E-state index in [4.69, 9.17) is 44.8 Å². The summed E-state index contributed by atoms with van der Waals surface area (Å²) >= 11 is 7.86. The number of hydrogen-bond donors (Lipinski definition) is 3. The van der Waals surface area contributed by atoms with E-state index in [2.05, 4.69) is 15.6 Å². The first-order valence-corrected chi connectivity index (χ1v) is 18.0. The number of halogens is 1. The summed E-state index contributed by atoms with van der Waals surface area (Å²) in [7, 11) is 8.50. The number of fused-ring (bicyclic) bond motifs is 2. The number of anilines is 1. The van der Waals surface area contributed by atoms with Gasteiger partial charge in [-0.1, -0.05) is 29.9 Å². The quantitative estimate of drug-likeness (QED) is 0.150. The second-order valence-electron chi connectivity index (χ2n) is 12.6. The van der Waals surface area contributed by atoms with Crippen molar-refractivity contribution in [3.63, 3.8) is 0 Å². The standard InChI is InChI=1S/C38H38ClN3O12S/c1-17-10-22(43)30(35(46)38(17)36(47)31-23(49-3)15-24(50-4)32(39)34(31)54-38)20(18-11-25(51-5)33(53-7)26(12-18)52-6)14-28(44)40-16-29(45)42-37-41-21-9-8-19(48-2)13-27(21)55-37/h8-9,11-13,15,17,20,46H,10,14,16H2,1-7H3,(H,40,44)(H,41,42,45)/t17-,20?,38+/m1/s1. The molecule has 2 heterocycles. The van der Waals surface area contributed by atoms with Gasteiger partial charge in [-0.05, 0) is 35.9 Å². The highest BCUT2D eigenvalue weighted by Gasteiger charge is 2.61. The summed E-state index contributed by atoms with van der Waals surface area (Å²) < 4.78 is 39.8. The third-order valence-electron chi connectivity index (χ3n) is 9.63. The van der Waals surface area contributed by atoms with Crippen LogP contribution in [0.4, 0.5) is 5.13 Å². The third-order valence-corrected chi connectivity index (χ3v) is 10.9. The summed E-state index contributed by atoms with van der Waals surface area (Å²) in [6, 6.07) is 9.79. The second kappa shape index (κ2) is 15.5. The predicted molar refractivity (Wildman–Crippen MR) is 202 cm³/mol. The molecule has 2 aliphatic rings. The van der Waals surface area contributed by atoms with Gasteiger partial charge in [-0.2, -0.15) is 0 Å². The zero-order valence-corrected chi connectivity index (χ0v) is 32.5. The monoisotopic (exact) mass is 795 g/mol. The van der Waals surface area contributed by atoms with Crippen molar-refractivity contribution >= 4 is 61.7 Å². The summed E-state index contributed by atoms with van der Waals surface area (Å²) in [5.41, 5.74) is -1.48. The van der Waals surface area contributed by atoms with Crippen LogP contribution >= 0.6 is 22.9 Å². The Bertz CT molecular complexity index is 2230. The zero-order chi connectivity index (χ0) is 39.8. The van der Waals surface area contributed by atoms with E-state index < -0.39 is 59.5 Å². The maximum absolute atomic E-state index is 14.5. The minimum Gasteiger partial charge on any atom is -0.507 e. The molecule has 0 saturated heterocycles. The van der Waals surface area contributed by atoms with Crippen molar-refractivity contribution in [2.24, 2.45) is 5.92 Å². The van der Waals surface area contributed by atoms with Gasteiger partial charge < -0.3 is 48.9 Å². The number of carbonyl (C=O) groups is 4. The SMILES string of the molecule is COc1ccc2nc(NC(=O)CNC(=O)CC(C3=C(O)[C@@]4(Oc5c(Cl)c(OC)cc(OC)c5C4=O)[C@H](C)CC3=O)c3cc(OC)c(OC)c(OC)c3)sc2c1. The van der Waals surface area contributed by atoms with Crippen LogP contribution in [0.1, 0.15) is 41.6 Å². The van der Waals surface area contributed by atoms with Gasteiger partial charge in [0.1, 0.15) is 27.8 Å². The minimum atomic E-state index is -2.12. The molecule has 0 fully saturated rings. The van der Waals surface area contributed by atoms with Crippen molar-refractivity contribution in [1.82, 2.24) is 10.3 Å². The number of methoxy groups -OCH3 is 6. The molecule has 3 aromatic carbocycles. The Kier molecular flexibility index (Phi) is 11.0. The molecule has 0 bridgehead atoms. The Morgan fingerprint density at radius 1 is 0.945 bits per heavy atom. The van der Waals surface area contributed by atoms with Crippen LogP contribution in [0, 0.1) is 5.92 Å². The van der Waals surface area contributed by atoms with E-state index in [-0.39, 0.29) is 57.1 Å². The molecule has 1 aliphatic heterocycles. The molecule has 3 N–H and O–H groups in total. The Morgan fingerprint density at radius 3 is 2.24 bits per heavy atom. The lowest BCUT2D eigenvalue weighted by atomic mass is 9.69. The number of rotatable bonds is 13. The van der Waals surface area contributed by atoms with Gasteiger partial charge in [0.25, 0.3) is 0 Å². The number of nitrogens with one attached hydrogen (secondary N) is 2. The number of carbonyl (C=O) groups excluding carboxylic acids is 4. The number of Topliss-reactive ketones (excluding diaryl/α,β-unsaturated/α-hetero) is 2. The normalized spacial score (nSPS) is 18.1. The van der Waals surface area contributed by atoms with Crippen molar-refractivity contribution in [3.8, 4) is 40.2 Å². The van der Waals surface area contributed by atoms with Crippen molar-refractivity contribution in [1.29, 1.82) is 0 Å². The van der Waals surface area contributed by atoms with Crippen LogP contribution in [-0.2, 0) is 14.4 Å². The topological polar surface area (TPSA) is 190 Å². The fourth-order valence-corrected chi connectivity index (χ4v) is 8.09. The first kappa shape index (κ1) is 39.0. The number of thiazole rings is 1. The van der Waals surface area contributed by atoms with E-state index in [1.807, 2.05) is 0 Å². The number of amides is 2. The van der Waals surface area contributed by atoms with Crippen LogP contribution < -0.4 is 43.8 Å². The molecule has 2 amide bonds. The van der Waals surface area contributed by atoms with Crippen molar-refractivity contribution in [3.05, 3.63) is 63.9 Å². The minimum absolute atomic E-state index is 0.0358. The number of aliphatic hydroxyl groups is 1. The average molecular weight is 796 g/mol. The number of nitrogens with zero attached hydrogens (tertiary/aromatic N) is 1. The number of allylic oxidation sites excluding steroid dienone is 1. The van der Waals surface area contributed by atoms with E-state index in [1.165, 1.54) is 65.1 Å². The lowest BCUT2D eigenvalue weighted by Gasteiger charge is -2.38. The summed E-state index contributed by atoms with van der Waals surface area (Å²) in [5.74, 6) is -3.86. The van der Waals surface area contributed by atoms with E-state index in [0.717, 1.165) is 4.70 Å². The molecule has 6 rings (SSSR count). The predicted octanol–water partition coefficient (Wildman–Crippen LogP) is 5.67. The average Bonchev–Trinajstić information content (AvgIpc) is 3.73. The van der Waals surface area contributed by atoms with Gasteiger partial charge in [0.05, 0.1) is 59.4 Å². The maximum atomic E-state index is 14.5. The number of aromatic nitrogens is 1. The Labute approximate surface area is 324 Å². The lowest BCUT2D eigenvalue weighted by molar-refractivity contribution is -0.124. The fourth-order valence-electron chi connectivity index (χ4n) is 6.91. The van der Waals surface area contributed by atoms with Gasteiger partial charge in [-0.25, -0.2) is 4.98 Å². The molecular formula is C38H38ClN3O12S. The van der Waals surface area contributed by atoms with E-state index in [0.29, 0.717) is 22.0 Å². The smallest absolute Gasteiger partial charge is 0.245 e. The largest absolute Gasteiger partial charge is 0.507 e. The van der Waals surface area contributed by atoms with Crippen molar-refractivity contribution < 1.29 is 57.4 Å². The van der Waals surface area contributed by atoms with Crippen LogP contribution in [0.5, 0.6) is 40.2 Å². The molecular weight excluding hydrogens is 758 g/mol. The highest BCUT2D eigenvalue weighted by Crippen LogP contribution is 2.56. The second-order valence-corrected chi connectivity index (χ2v) is 14.1. The van der Waals surface area contributed by atoms with Crippen LogP contribution in [0.25, 0.3) is 10.2 Å². The van der Waals surface area contributed by atoms with Gasteiger partial charge in [-0.3, -0.25) is 19.2 Å². The Balaban J connectivity index is 1.38. The van der Waals surface area contributed by atoms with Crippen LogP contribution in [-0.4, -0.2) is 88.3 Å². The Hall–Kier alpha value is -5.74. The maximum Gasteiger partial charge on any atom is 0.245 e. The van der Waals surface area contributed by atoms with Gasteiger partial charge in [0, 0.05) is 36.3 Å². The molecule has 0 saturated carbocycles. The molecule has 15 nitrogen and oxygen atoms in total. The number of ether oxygens (including phenoxy) is 7. The summed E-state index contributed by atoms with van der Waals surface area (Å²) in [6.45, 7) is 1.14. The lowest BCUT2D eigenvalue weighted by Crippen LogP contribution is -2.53. The Morgan fingerprint density at radius 2 is 1.62 bits per heavy atom. The highest BCUT2D eigenvalue weighted by atomic mass is 35.5. The molecule has 1 aliphatic carbocycles. The van der Waals surface area contributed by atoms with Gasteiger partial charge in [-0.15, -0.1) is 0 Å².